The first kappa shape index (κ1) is 33.3. The van der Waals surface area contributed by atoms with E-state index in [0.29, 0.717) is 25.5 Å². The average molecular weight is 688 g/mol. The predicted octanol–water partition coefficient (Wildman–Crippen LogP) is 6.12. The van der Waals surface area contributed by atoms with E-state index >= 15 is 8.78 Å². The molecule has 3 N–H and O–H groups in total. The summed E-state index contributed by atoms with van der Waals surface area (Å²) in [5.74, 6) is 0.565. The molecule has 2 aromatic carbocycles. The highest BCUT2D eigenvalue weighted by Crippen LogP contribution is 2.55. The van der Waals surface area contributed by atoms with Crippen molar-refractivity contribution in [3.8, 4) is 35.2 Å². The molecule has 264 valence electrons. The lowest BCUT2D eigenvalue weighted by atomic mass is 9.56. The van der Waals surface area contributed by atoms with Gasteiger partial charge in [-0.05, 0) is 124 Å². The van der Waals surface area contributed by atoms with Crippen molar-refractivity contribution in [1.82, 2.24) is 20.2 Å². The second kappa shape index (κ2) is 12.4. The minimum absolute atomic E-state index is 0.00196. The number of aliphatic hydroxyl groups is 1. The lowest BCUT2D eigenvalue weighted by Crippen LogP contribution is -2.55. The Morgan fingerprint density at radius 1 is 1.08 bits per heavy atom. The monoisotopic (exact) mass is 687 g/mol. The number of nitrogens with one attached hydrogen (secondary N) is 1. The van der Waals surface area contributed by atoms with E-state index in [9.17, 15) is 14.6 Å². The smallest absolute Gasteiger partial charge is 0.319 e. The standard InChI is InChI=1S/C39H44F3N5O3/c1-3-4-5-24-14-27(48)15-28(30(24)17-40)32-31(41)16-29-34(33(32)42)44-36(45-35(29)47-18-25-6-7-26(19-47)43-25)50-23-39(8-9-39)22-46-12-10-38(11-13-46)20-37(2,49)21-38/h1,4-5,14-16,25-26,43,48-49H,6-13,17-23H2,2H3/b5-4-. The minimum atomic E-state index is -1.04. The molecule has 11 heteroatoms. The normalized spacial score (nSPS) is 24.8. The summed E-state index contributed by atoms with van der Waals surface area (Å²) in [6.07, 6.45) is 16.1. The summed E-state index contributed by atoms with van der Waals surface area (Å²) in [6.45, 7) is 5.42. The second-order valence-electron chi connectivity index (χ2n) is 15.9. The van der Waals surface area contributed by atoms with E-state index in [4.69, 9.17) is 16.1 Å². The minimum Gasteiger partial charge on any atom is -0.508 e. The van der Waals surface area contributed by atoms with Gasteiger partial charge in [-0.15, -0.1) is 6.42 Å². The van der Waals surface area contributed by atoms with Crippen molar-refractivity contribution in [3.05, 3.63) is 47.0 Å². The number of fused-ring (bicyclic) bond motifs is 3. The lowest BCUT2D eigenvalue weighted by Gasteiger charge is -2.55. The number of piperazine rings is 1. The van der Waals surface area contributed by atoms with E-state index in [2.05, 4.69) is 26.0 Å². The van der Waals surface area contributed by atoms with Gasteiger partial charge in [0.05, 0.1) is 17.8 Å². The number of halogens is 3. The maximum Gasteiger partial charge on any atom is 0.319 e. The van der Waals surface area contributed by atoms with Gasteiger partial charge in [0.1, 0.15) is 29.6 Å². The molecule has 3 saturated heterocycles. The van der Waals surface area contributed by atoms with Crippen LogP contribution in [0.25, 0.3) is 28.1 Å². The number of hydrogen-bond acceptors (Lipinski definition) is 8. The van der Waals surface area contributed by atoms with Crippen molar-refractivity contribution in [2.24, 2.45) is 10.8 Å². The summed E-state index contributed by atoms with van der Waals surface area (Å²) >= 11 is 0. The molecular formula is C39H44F3N5O3. The number of nitrogens with zero attached hydrogens (tertiary/aromatic N) is 4. The van der Waals surface area contributed by atoms with Crippen molar-refractivity contribution in [2.75, 3.05) is 44.2 Å². The molecule has 4 heterocycles. The number of piperidine rings is 1. The Morgan fingerprint density at radius 2 is 1.80 bits per heavy atom. The Kier molecular flexibility index (Phi) is 8.28. The first-order chi connectivity index (χ1) is 24.0. The lowest BCUT2D eigenvalue weighted by molar-refractivity contribution is -0.138. The molecule has 1 spiro atoms. The number of terminal acetylenes is 1. The number of likely N-dealkylation sites (tertiary alicyclic amines) is 1. The van der Waals surface area contributed by atoms with Gasteiger partial charge in [-0.3, -0.25) is 0 Å². The summed E-state index contributed by atoms with van der Waals surface area (Å²) in [5, 5.41) is 24.6. The third kappa shape index (κ3) is 6.20. The van der Waals surface area contributed by atoms with E-state index < -0.39 is 29.5 Å². The van der Waals surface area contributed by atoms with E-state index in [0.717, 1.165) is 77.1 Å². The van der Waals surface area contributed by atoms with Gasteiger partial charge in [0.15, 0.2) is 5.82 Å². The van der Waals surface area contributed by atoms with E-state index in [1.807, 2.05) is 6.92 Å². The van der Waals surface area contributed by atoms with Crippen LogP contribution in [0, 0.1) is 34.8 Å². The van der Waals surface area contributed by atoms with Crippen molar-refractivity contribution in [3.63, 3.8) is 0 Å². The third-order valence-corrected chi connectivity index (χ3v) is 11.8. The molecule has 1 aromatic heterocycles. The summed E-state index contributed by atoms with van der Waals surface area (Å²) < 4.78 is 53.8. The summed E-state index contributed by atoms with van der Waals surface area (Å²) in [4.78, 5) is 13.9. The Labute approximate surface area is 290 Å². The zero-order valence-electron chi connectivity index (χ0n) is 28.5. The van der Waals surface area contributed by atoms with Crippen LogP contribution in [0.4, 0.5) is 19.0 Å². The molecule has 2 atom stereocenters. The van der Waals surface area contributed by atoms with Crippen LogP contribution < -0.4 is 15.0 Å². The molecule has 0 amide bonds. The van der Waals surface area contributed by atoms with Gasteiger partial charge in [0.2, 0.25) is 0 Å². The summed E-state index contributed by atoms with van der Waals surface area (Å²) in [7, 11) is 0. The van der Waals surface area contributed by atoms with E-state index in [1.54, 1.807) is 0 Å². The highest BCUT2D eigenvalue weighted by atomic mass is 19.1. The fourth-order valence-electron chi connectivity index (χ4n) is 9.34. The molecule has 0 radical (unpaired) electrons. The molecule has 3 aliphatic heterocycles. The van der Waals surface area contributed by atoms with Gasteiger partial charge in [-0.2, -0.15) is 9.97 Å². The van der Waals surface area contributed by atoms with Gasteiger partial charge >= 0.3 is 6.01 Å². The Balaban J connectivity index is 1.12. The van der Waals surface area contributed by atoms with Crippen LogP contribution >= 0.6 is 0 Å². The fraction of sp³-hybridized carbons (Fsp3) is 0.538. The number of allylic oxidation sites excluding steroid dienone is 1. The third-order valence-electron chi connectivity index (χ3n) is 11.8. The average Bonchev–Trinajstić information content (AvgIpc) is 3.76. The van der Waals surface area contributed by atoms with Gasteiger partial charge < -0.3 is 30.1 Å². The van der Waals surface area contributed by atoms with Crippen LogP contribution in [0.5, 0.6) is 11.8 Å². The molecule has 8 nitrogen and oxygen atoms in total. The van der Waals surface area contributed by atoms with Crippen molar-refractivity contribution >= 4 is 22.8 Å². The number of benzene rings is 2. The molecule has 2 bridgehead atoms. The van der Waals surface area contributed by atoms with Gasteiger partial charge in [-0.1, -0.05) is 5.92 Å². The Bertz CT molecular complexity index is 1870. The quantitative estimate of drug-likeness (QED) is 0.232. The molecule has 8 rings (SSSR count). The zero-order valence-corrected chi connectivity index (χ0v) is 28.5. The fourth-order valence-corrected chi connectivity index (χ4v) is 9.34. The van der Waals surface area contributed by atoms with Gasteiger partial charge in [0, 0.05) is 42.5 Å². The van der Waals surface area contributed by atoms with Crippen LogP contribution in [0.2, 0.25) is 0 Å². The number of alkyl halides is 1. The highest BCUT2D eigenvalue weighted by Gasteiger charge is 2.53. The molecule has 5 fully saturated rings. The zero-order chi connectivity index (χ0) is 34.8. The number of rotatable bonds is 9. The topological polar surface area (TPSA) is 94.0 Å². The maximum absolute atomic E-state index is 16.8. The number of hydrogen-bond donors (Lipinski definition) is 3. The first-order valence-corrected chi connectivity index (χ1v) is 17.8. The maximum atomic E-state index is 16.8. The van der Waals surface area contributed by atoms with E-state index in [-0.39, 0.29) is 62.3 Å². The summed E-state index contributed by atoms with van der Waals surface area (Å²) in [5.41, 5.74) is -0.796. The Morgan fingerprint density at radius 3 is 2.44 bits per heavy atom. The Hall–Kier alpha value is -3.85. The number of phenolic OH excluding ortho intramolecular Hbond substituents is 1. The largest absolute Gasteiger partial charge is 0.508 e. The molecule has 50 heavy (non-hydrogen) atoms. The van der Waals surface area contributed by atoms with Gasteiger partial charge in [0.25, 0.3) is 0 Å². The molecule has 2 saturated carbocycles. The van der Waals surface area contributed by atoms with Gasteiger partial charge in [-0.25, -0.2) is 13.2 Å². The number of aromatic nitrogens is 2. The molecular weight excluding hydrogens is 643 g/mol. The number of aromatic hydroxyl groups is 1. The molecule has 3 aromatic rings. The van der Waals surface area contributed by atoms with Crippen LogP contribution in [0.1, 0.15) is 69.4 Å². The number of phenols is 1. The summed E-state index contributed by atoms with van der Waals surface area (Å²) in [6, 6.07) is 4.20. The van der Waals surface area contributed by atoms with Crippen LogP contribution in [0.3, 0.4) is 0 Å². The van der Waals surface area contributed by atoms with Crippen molar-refractivity contribution < 1.29 is 28.1 Å². The second-order valence-corrected chi connectivity index (χ2v) is 15.9. The number of ether oxygens (including phenoxy) is 1. The molecule has 2 unspecified atom stereocenters. The van der Waals surface area contributed by atoms with Crippen molar-refractivity contribution in [2.45, 2.75) is 82.6 Å². The predicted molar refractivity (Wildman–Crippen MR) is 187 cm³/mol. The van der Waals surface area contributed by atoms with Crippen LogP contribution in [-0.2, 0) is 6.67 Å². The molecule has 2 aliphatic carbocycles. The van der Waals surface area contributed by atoms with Crippen LogP contribution in [-0.4, -0.2) is 82.1 Å². The SMILES string of the molecule is C#C/C=C\c1cc(O)cc(-c2c(F)cc3c(N4CC5CCC(C4)N5)nc(OCC4(CN5CCC6(CC5)CC(C)(O)C6)CC4)nc3c2F)c1CF. The first-order valence-electron chi connectivity index (χ1n) is 17.8. The van der Waals surface area contributed by atoms with Crippen LogP contribution in [0.15, 0.2) is 24.3 Å². The van der Waals surface area contributed by atoms with Crippen molar-refractivity contribution in [1.29, 1.82) is 0 Å². The number of anilines is 1. The molecule has 5 aliphatic rings. The highest BCUT2D eigenvalue weighted by molar-refractivity contribution is 5.94. The van der Waals surface area contributed by atoms with E-state index in [1.165, 1.54) is 24.3 Å².